The predicted molar refractivity (Wildman–Crippen MR) is 109 cm³/mol. The fourth-order valence-electron chi connectivity index (χ4n) is 3.30. The van der Waals surface area contributed by atoms with Crippen LogP contribution in [-0.2, 0) is 13.3 Å². The van der Waals surface area contributed by atoms with Crippen molar-refractivity contribution in [1.29, 1.82) is 0 Å². The van der Waals surface area contributed by atoms with Crippen LogP contribution >= 0.6 is 0 Å². The molecule has 1 atom stereocenters. The molecule has 1 aliphatic heterocycles. The van der Waals surface area contributed by atoms with Gasteiger partial charge in [0.15, 0.2) is 0 Å². The van der Waals surface area contributed by atoms with E-state index in [-0.39, 0.29) is 23.8 Å². The highest BCUT2D eigenvalue weighted by molar-refractivity contribution is 7.60. The number of hydrogen-bond acceptors (Lipinski definition) is 3. The van der Waals surface area contributed by atoms with Crippen molar-refractivity contribution in [3.8, 4) is 0 Å². The summed E-state index contributed by atoms with van der Waals surface area (Å²) in [6, 6.07) is 1.16. The van der Waals surface area contributed by atoms with Crippen molar-refractivity contribution in [2.24, 2.45) is 0 Å². The summed E-state index contributed by atoms with van der Waals surface area (Å²) in [6.45, 7) is 3.86. The molecule has 0 aliphatic carbocycles. The predicted octanol–water partition coefficient (Wildman–Crippen LogP) is 0.775. The third-order valence-electron chi connectivity index (χ3n) is 4.56. The van der Waals surface area contributed by atoms with Crippen LogP contribution < -0.4 is 0 Å². The lowest BCUT2D eigenvalue weighted by Crippen LogP contribution is -2.58. The highest BCUT2D eigenvalue weighted by Gasteiger charge is 2.41. The molecular weight excluding hydrogens is 357 g/mol. The second-order valence-electron chi connectivity index (χ2n) is 6.74. The van der Waals surface area contributed by atoms with Gasteiger partial charge < -0.3 is 8.54 Å². The molecule has 1 heterocycles. The topological polar surface area (TPSA) is 35.5 Å². The largest absolute Gasteiger partial charge is 0.499 e. The van der Waals surface area contributed by atoms with Gasteiger partial charge in [0.1, 0.15) is 9.28 Å². The van der Waals surface area contributed by atoms with E-state index in [1.54, 1.807) is 6.92 Å². The molecule has 1 rings (SSSR count). The Kier molecular flexibility index (Phi) is 12.0. The van der Waals surface area contributed by atoms with Gasteiger partial charge >= 0.3 is 8.08 Å². The summed E-state index contributed by atoms with van der Waals surface area (Å²) < 4.78 is 12.0. The van der Waals surface area contributed by atoms with Gasteiger partial charge in [-0.2, -0.15) is 0 Å². The lowest BCUT2D eigenvalue weighted by Gasteiger charge is -2.33. The number of unbranched alkanes of at least 4 members (excludes halogenated alkanes) is 9. The Morgan fingerprint density at radius 3 is 2.05 bits per heavy atom. The van der Waals surface area contributed by atoms with Gasteiger partial charge in [0, 0.05) is 24.0 Å². The molecule has 1 fully saturated rings. The summed E-state index contributed by atoms with van der Waals surface area (Å²) in [5.74, 6) is -0.0576. The lowest BCUT2D eigenvalue weighted by molar-refractivity contribution is -0.133. The van der Waals surface area contributed by atoms with E-state index in [9.17, 15) is 4.79 Å². The Hall–Kier alpha value is 0.514. The highest BCUT2D eigenvalue weighted by Crippen LogP contribution is 2.19. The van der Waals surface area contributed by atoms with E-state index in [0.717, 1.165) is 6.04 Å². The van der Waals surface area contributed by atoms with Crippen LogP contribution in [0.4, 0.5) is 0 Å². The van der Waals surface area contributed by atoms with Crippen LogP contribution in [0.5, 0.6) is 0 Å². The summed E-state index contributed by atoms with van der Waals surface area (Å²) >= 11 is 0. The minimum Gasteiger partial charge on any atom is -0.499 e. The molecule has 0 bridgehead atoms. The first-order chi connectivity index (χ1) is 10.7. The zero-order chi connectivity index (χ0) is 16.1. The van der Waals surface area contributed by atoms with E-state index in [4.69, 9.17) is 8.54 Å². The number of carbonyl (C=O) groups excluding carboxylic acids is 1. The van der Waals surface area contributed by atoms with Gasteiger partial charge in [-0.3, -0.25) is 4.79 Å². The first-order valence-electron chi connectivity index (χ1n) is 9.52. The Bertz CT molecular complexity index is 298. The monoisotopic (exact) mass is 392 g/mol. The van der Waals surface area contributed by atoms with Crippen LogP contribution in [0.3, 0.4) is 0 Å². The molecule has 0 aromatic carbocycles. The van der Waals surface area contributed by atoms with Gasteiger partial charge in [-0.1, -0.05) is 71.1 Å². The van der Waals surface area contributed by atoms with Gasteiger partial charge in [0.05, 0.1) is 8.55 Å². The molecule has 0 aromatic rings. The van der Waals surface area contributed by atoms with Crippen molar-refractivity contribution in [3.63, 3.8) is 0 Å². The maximum absolute atomic E-state index is 11.4. The summed E-state index contributed by atoms with van der Waals surface area (Å²) in [5, 5.41) is 0. The molecule has 1 unspecified atom stereocenters. The molecule has 0 saturated carbocycles. The molecule has 0 aromatic heterocycles. The molecular formula is C14H36O3Si5. The number of rotatable bonds is 12. The van der Waals surface area contributed by atoms with Crippen molar-refractivity contribution >= 4 is 49.0 Å². The smallest absolute Gasteiger partial charge is 0.355 e. The summed E-state index contributed by atoms with van der Waals surface area (Å²) in [6.07, 6.45) is 13.8. The standard InChI is InChI=1S/C14H36O3Si5/c1-3-4-5-6-7-8-9-10-11-12-13-22(16-14(2)15)17-18-19-20-21-22/h3-13,18-21H2,1-2H3. The fraction of sp³-hybridized carbons (Fsp3) is 0.929. The number of carbonyl (C=O) groups is 1. The van der Waals surface area contributed by atoms with E-state index < -0.39 is 8.08 Å². The summed E-state index contributed by atoms with van der Waals surface area (Å²) in [4.78, 5) is 11.4. The molecule has 1 saturated heterocycles. The molecule has 0 radical (unpaired) electrons. The van der Waals surface area contributed by atoms with E-state index in [0.29, 0.717) is 17.1 Å². The van der Waals surface area contributed by atoms with E-state index in [1.165, 1.54) is 64.2 Å². The van der Waals surface area contributed by atoms with Crippen LogP contribution in [0.1, 0.15) is 78.1 Å². The van der Waals surface area contributed by atoms with Gasteiger partial charge in [0.2, 0.25) is 0 Å². The maximum atomic E-state index is 11.4. The molecule has 1 aliphatic rings. The molecule has 0 amide bonds. The quantitative estimate of drug-likeness (QED) is 0.363. The second-order valence-corrected chi connectivity index (χ2v) is 40.2. The molecule has 130 valence electrons. The molecule has 0 spiro atoms. The fourth-order valence-corrected chi connectivity index (χ4v) is 91.7. The Labute approximate surface area is 146 Å². The van der Waals surface area contributed by atoms with Crippen molar-refractivity contribution in [2.75, 3.05) is 0 Å². The SMILES string of the molecule is CCCCCCCCCCCC[Si]1(OC(C)=O)O[SiH2][SiH2][SiH2][SiH2]1. The zero-order valence-electron chi connectivity index (χ0n) is 14.8. The highest BCUT2D eigenvalue weighted by atomic mass is 29.9. The normalized spacial score (nSPS) is 26.1. The van der Waals surface area contributed by atoms with Crippen molar-refractivity contribution in [3.05, 3.63) is 0 Å². The molecule has 22 heavy (non-hydrogen) atoms. The molecule has 3 nitrogen and oxygen atoms in total. The van der Waals surface area contributed by atoms with Gasteiger partial charge in [-0.25, -0.2) is 0 Å². The van der Waals surface area contributed by atoms with E-state index in [1.807, 2.05) is 0 Å². The average molecular weight is 393 g/mol. The van der Waals surface area contributed by atoms with Crippen molar-refractivity contribution < 1.29 is 13.3 Å². The van der Waals surface area contributed by atoms with Crippen LogP contribution in [0.25, 0.3) is 0 Å². The average Bonchev–Trinajstić information content (AvgIpc) is 2.49. The van der Waals surface area contributed by atoms with Crippen molar-refractivity contribution in [1.82, 2.24) is 0 Å². The molecule has 0 N–H and O–H groups in total. The maximum Gasteiger partial charge on any atom is 0.355 e. The van der Waals surface area contributed by atoms with Gasteiger partial charge in [-0.15, -0.1) is 0 Å². The minimum absolute atomic E-state index is 0.0576. The van der Waals surface area contributed by atoms with Crippen LogP contribution in [0.2, 0.25) is 6.04 Å². The Morgan fingerprint density at radius 2 is 1.55 bits per heavy atom. The minimum atomic E-state index is -1.89. The Morgan fingerprint density at radius 1 is 0.955 bits per heavy atom. The first-order valence-corrected chi connectivity index (χ1v) is 26.4. The van der Waals surface area contributed by atoms with Gasteiger partial charge in [-0.05, 0) is 6.04 Å². The summed E-state index contributed by atoms with van der Waals surface area (Å²) in [5.41, 5.74) is 0. The van der Waals surface area contributed by atoms with E-state index in [2.05, 4.69) is 6.92 Å². The van der Waals surface area contributed by atoms with Crippen molar-refractivity contribution in [2.45, 2.75) is 84.1 Å². The van der Waals surface area contributed by atoms with Crippen LogP contribution in [0.15, 0.2) is 0 Å². The zero-order valence-corrected chi connectivity index (χ0v) is 21.5. The first kappa shape index (κ1) is 20.6. The van der Waals surface area contributed by atoms with Gasteiger partial charge in [0.25, 0.3) is 5.97 Å². The third kappa shape index (κ3) is 9.61. The van der Waals surface area contributed by atoms with Crippen LogP contribution in [-0.4, -0.2) is 49.0 Å². The van der Waals surface area contributed by atoms with Crippen LogP contribution in [0, 0.1) is 0 Å². The third-order valence-corrected chi connectivity index (χ3v) is 62.2. The Balaban J connectivity index is 2.04. The number of hydrogen-bond donors (Lipinski definition) is 0. The lowest BCUT2D eigenvalue weighted by atomic mass is 10.1. The van der Waals surface area contributed by atoms with E-state index >= 15 is 0 Å². The molecule has 8 heteroatoms. The summed E-state index contributed by atoms with van der Waals surface area (Å²) in [7, 11) is -1.52. The second kappa shape index (κ2) is 12.9.